The maximum Gasteiger partial charge on any atom is 0.269 e. The number of benzene rings is 2. The van der Waals surface area contributed by atoms with E-state index in [0.717, 1.165) is 55.1 Å². The molecule has 1 saturated heterocycles. The third-order valence-electron chi connectivity index (χ3n) is 5.00. The number of rotatable bonds is 7. The molecule has 2 aromatic carbocycles. The molecule has 3 rings (SSSR count). The fraction of sp³-hybridized carbons (Fsp3) is 0.400. The van der Waals surface area contributed by atoms with Gasteiger partial charge in [0, 0.05) is 35.1 Å². The van der Waals surface area contributed by atoms with Crippen LogP contribution >= 0.6 is 23.4 Å². The van der Waals surface area contributed by atoms with Gasteiger partial charge in [0.25, 0.3) is 5.69 Å². The zero-order valence-electron chi connectivity index (χ0n) is 15.0. The summed E-state index contributed by atoms with van der Waals surface area (Å²) in [5, 5.41) is 22.3. The number of nitro groups is 1. The molecule has 0 aromatic heterocycles. The molecular weight excluding hydrogens is 384 g/mol. The lowest BCUT2D eigenvalue weighted by atomic mass is 9.84. The van der Waals surface area contributed by atoms with Crippen molar-refractivity contribution in [3.05, 3.63) is 69.2 Å². The van der Waals surface area contributed by atoms with Gasteiger partial charge in [-0.15, -0.1) is 11.8 Å². The Bertz CT molecular complexity index is 760. The summed E-state index contributed by atoms with van der Waals surface area (Å²) >= 11 is 7.65. The minimum atomic E-state index is -0.755. The number of likely N-dealkylation sites (tertiary alicyclic amines) is 1. The van der Waals surface area contributed by atoms with Crippen LogP contribution in [0.25, 0.3) is 0 Å². The largest absolute Gasteiger partial charge is 0.385 e. The summed E-state index contributed by atoms with van der Waals surface area (Å²) in [5.74, 6) is 0.968. The average Bonchev–Trinajstić information content (AvgIpc) is 2.67. The van der Waals surface area contributed by atoms with Gasteiger partial charge in [0.15, 0.2) is 0 Å². The number of non-ortho nitro benzene ring substituents is 1. The molecule has 1 heterocycles. The zero-order chi connectivity index (χ0) is 19.3. The summed E-state index contributed by atoms with van der Waals surface area (Å²) < 4.78 is 0. The first kappa shape index (κ1) is 20.1. The van der Waals surface area contributed by atoms with E-state index < -0.39 is 5.60 Å². The molecule has 0 saturated carbocycles. The summed E-state index contributed by atoms with van der Waals surface area (Å²) in [6.45, 7) is 2.75. The Hall–Kier alpha value is -1.60. The van der Waals surface area contributed by atoms with Crippen molar-refractivity contribution in [3.63, 3.8) is 0 Å². The van der Waals surface area contributed by atoms with Crippen LogP contribution < -0.4 is 0 Å². The molecule has 0 atom stereocenters. The molecule has 1 fully saturated rings. The predicted octanol–water partition coefficient (Wildman–Crippen LogP) is 4.71. The van der Waals surface area contributed by atoms with Crippen LogP contribution in [0.4, 0.5) is 5.69 Å². The Kier molecular flexibility index (Phi) is 6.76. The lowest BCUT2D eigenvalue weighted by molar-refractivity contribution is -0.384. The van der Waals surface area contributed by atoms with Gasteiger partial charge in [-0.1, -0.05) is 23.7 Å². The maximum atomic E-state index is 10.9. The molecule has 27 heavy (non-hydrogen) atoms. The van der Waals surface area contributed by atoms with Gasteiger partial charge in [-0.25, -0.2) is 0 Å². The van der Waals surface area contributed by atoms with E-state index in [-0.39, 0.29) is 10.6 Å². The molecule has 0 unspecified atom stereocenters. The van der Waals surface area contributed by atoms with Gasteiger partial charge in [-0.05, 0) is 61.4 Å². The topological polar surface area (TPSA) is 66.6 Å². The van der Waals surface area contributed by atoms with Crippen molar-refractivity contribution in [1.82, 2.24) is 4.90 Å². The van der Waals surface area contributed by atoms with Crippen LogP contribution in [0.3, 0.4) is 0 Å². The van der Waals surface area contributed by atoms with Crippen molar-refractivity contribution < 1.29 is 10.0 Å². The van der Waals surface area contributed by atoms with Gasteiger partial charge in [-0.2, -0.15) is 0 Å². The Labute approximate surface area is 168 Å². The van der Waals surface area contributed by atoms with E-state index in [0.29, 0.717) is 5.02 Å². The molecule has 2 aromatic rings. The highest BCUT2D eigenvalue weighted by atomic mass is 35.5. The smallest absolute Gasteiger partial charge is 0.269 e. The molecule has 144 valence electrons. The van der Waals surface area contributed by atoms with Crippen LogP contribution in [0, 0.1) is 10.1 Å². The summed E-state index contributed by atoms with van der Waals surface area (Å²) in [5.41, 5.74) is 0.315. The van der Waals surface area contributed by atoms with Crippen LogP contribution in [-0.4, -0.2) is 40.3 Å². The fourth-order valence-corrected chi connectivity index (χ4v) is 4.30. The van der Waals surface area contributed by atoms with Crippen LogP contribution in [0.2, 0.25) is 5.02 Å². The molecule has 5 nitrogen and oxygen atoms in total. The minimum Gasteiger partial charge on any atom is -0.385 e. The Balaban J connectivity index is 1.39. The second-order valence-corrected chi connectivity index (χ2v) is 8.44. The first-order valence-corrected chi connectivity index (χ1v) is 10.4. The standard InChI is InChI=1S/C20H23ClN2O3S/c21-17-4-2-16(3-5-17)20(24)10-13-22(14-11-20)12-1-15-27-19-8-6-18(7-9-19)23(25)26/h2-9,24H,1,10-15H2. The molecule has 1 aliphatic heterocycles. The fourth-order valence-electron chi connectivity index (χ4n) is 3.34. The average molecular weight is 407 g/mol. The number of nitro benzene ring substituents is 1. The molecule has 0 bridgehead atoms. The van der Waals surface area contributed by atoms with Gasteiger partial charge in [0.2, 0.25) is 0 Å². The van der Waals surface area contributed by atoms with E-state index in [4.69, 9.17) is 11.6 Å². The second kappa shape index (κ2) is 9.06. The van der Waals surface area contributed by atoms with Crippen molar-refractivity contribution in [2.24, 2.45) is 0 Å². The van der Waals surface area contributed by atoms with Crippen LogP contribution in [0.1, 0.15) is 24.8 Å². The summed E-state index contributed by atoms with van der Waals surface area (Å²) in [6, 6.07) is 14.2. The van der Waals surface area contributed by atoms with Gasteiger partial charge >= 0.3 is 0 Å². The number of halogens is 1. The monoisotopic (exact) mass is 406 g/mol. The number of piperidine rings is 1. The van der Waals surface area contributed by atoms with Crippen molar-refractivity contribution in [1.29, 1.82) is 0 Å². The molecule has 1 N–H and O–H groups in total. The first-order chi connectivity index (χ1) is 13.0. The van der Waals surface area contributed by atoms with Crippen LogP contribution in [0.15, 0.2) is 53.4 Å². The highest BCUT2D eigenvalue weighted by Crippen LogP contribution is 2.33. The Morgan fingerprint density at radius 2 is 1.74 bits per heavy atom. The van der Waals surface area contributed by atoms with Gasteiger partial charge in [0.1, 0.15) is 0 Å². The van der Waals surface area contributed by atoms with Crippen LogP contribution in [-0.2, 0) is 5.60 Å². The lowest BCUT2D eigenvalue weighted by Crippen LogP contribution is -2.42. The quantitative estimate of drug-likeness (QED) is 0.312. The summed E-state index contributed by atoms with van der Waals surface area (Å²) in [6.07, 6.45) is 2.50. The highest BCUT2D eigenvalue weighted by Gasteiger charge is 2.33. The van der Waals surface area contributed by atoms with Crippen molar-refractivity contribution in [3.8, 4) is 0 Å². The van der Waals surface area contributed by atoms with E-state index in [1.54, 1.807) is 36.0 Å². The van der Waals surface area contributed by atoms with Gasteiger partial charge in [0.05, 0.1) is 10.5 Å². The Morgan fingerprint density at radius 1 is 1.11 bits per heavy atom. The number of aliphatic hydroxyl groups is 1. The molecular formula is C20H23ClN2O3S. The third kappa shape index (κ3) is 5.45. The third-order valence-corrected chi connectivity index (χ3v) is 6.35. The van der Waals surface area contributed by atoms with E-state index in [9.17, 15) is 15.2 Å². The second-order valence-electron chi connectivity index (χ2n) is 6.83. The van der Waals surface area contributed by atoms with Crippen LogP contribution in [0.5, 0.6) is 0 Å². The molecule has 1 aliphatic rings. The summed E-state index contributed by atoms with van der Waals surface area (Å²) in [7, 11) is 0. The Morgan fingerprint density at radius 3 is 2.33 bits per heavy atom. The molecule has 7 heteroatoms. The van der Waals surface area contributed by atoms with Crippen molar-refractivity contribution in [2.45, 2.75) is 29.8 Å². The predicted molar refractivity (Wildman–Crippen MR) is 109 cm³/mol. The van der Waals surface area contributed by atoms with E-state index in [1.165, 1.54) is 0 Å². The number of hydrogen-bond acceptors (Lipinski definition) is 5. The SMILES string of the molecule is O=[N+]([O-])c1ccc(SCCCN2CCC(O)(c3ccc(Cl)cc3)CC2)cc1. The summed E-state index contributed by atoms with van der Waals surface area (Å²) in [4.78, 5) is 13.7. The maximum absolute atomic E-state index is 10.9. The van der Waals surface area contributed by atoms with Crippen molar-refractivity contribution >= 4 is 29.1 Å². The number of thioether (sulfide) groups is 1. The first-order valence-electron chi connectivity index (χ1n) is 9.04. The van der Waals surface area contributed by atoms with E-state index in [2.05, 4.69) is 4.90 Å². The van der Waals surface area contributed by atoms with E-state index in [1.807, 2.05) is 24.3 Å². The molecule has 0 amide bonds. The zero-order valence-corrected chi connectivity index (χ0v) is 16.6. The normalized spacial score (nSPS) is 17.0. The number of nitrogens with zero attached hydrogens (tertiary/aromatic N) is 2. The highest BCUT2D eigenvalue weighted by molar-refractivity contribution is 7.99. The molecule has 0 radical (unpaired) electrons. The number of hydrogen-bond donors (Lipinski definition) is 1. The molecule has 0 spiro atoms. The van der Waals surface area contributed by atoms with Gasteiger partial charge < -0.3 is 10.0 Å². The van der Waals surface area contributed by atoms with Crippen molar-refractivity contribution in [2.75, 3.05) is 25.4 Å². The lowest BCUT2D eigenvalue weighted by Gasteiger charge is -2.38. The van der Waals surface area contributed by atoms with E-state index >= 15 is 0 Å². The van der Waals surface area contributed by atoms with Gasteiger partial charge in [-0.3, -0.25) is 10.1 Å². The minimum absolute atomic E-state index is 0.126. The molecule has 0 aliphatic carbocycles.